The fourth-order valence-electron chi connectivity index (χ4n) is 2.11. The second kappa shape index (κ2) is 7.13. The van der Waals surface area contributed by atoms with Gasteiger partial charge in [0, 0.05) is 24.5 Å². The summed E-state index contributed by atoms with van der Waals surface area (Å²) in [6.07, 6.45) is 3.29. The van der Waals surface area contributed by atoms with Gasteiger partial charge in [0.1, 0.15) is 0 Å². The summed E-state index contributed by atoms with van der Waals surface area (Å²) < 4.78 is 5.25. The Morgan fingerprint density at radius 3 is 2.71 bits per heavy atom. The van der Waals surface area contributed by atoms with Crippen molar-refractivity contribution in [3.63, 3.8) is 0 Å². The molecule has 0 radical (unpaired) electrons. The van der Waals surface area contributed by atoms with Gasteiger partial charge >= 0.3 is 6.09 Å². The summed E-state index contributed by atoms with van der Waals surface area (Å²) in [5, 5.41) is 25.0. The highest BCUT2D eigenvalue weighted by Crippen LogP contribution is 2.36. The molecule has 0 saturated carbocycles. The summed E-state index contributed by atoms with van der Waals surface area (Å²) in [5.74, 6) is -0.796. The average molecular weight is 334 g/mol. The summed E-state index contributed by atoms with van der Waals surface area (Å²) in [7, 11) is 0. The maximum absolute atomic E-state index is 11.5. The zero-order valence-electron chi connectivity index (χ0n) is 12.3. The SMILES string of the molecule is NC(=O)c1cc([N+](=O)[O-])c(NC/C=C/CNC(=O)O)c2occc12. The largest absolute Gasteiger partial charge is 0.465 e. The number of carbonyl (C=O) groups is 2. The second-order valence-corrected chi connectivity index (χ2v) is 4.64. The smallest absolute Gasteiger partial charge is 0.404 e. The molecule has 0 spiro atoms. The predicted octanol–water partition coefficient (Wildman–Crippen LogP) is 1.68. The Morgan fingerprint density at radius 2 is 2.08 bits per heavy atom. The van der Waals surface area contributed by atoms with Crippen molar-refractivity contribution in [2.45, 2.75) is 0 Å². The van der Waals surface area contributed by atoms with Gasteiger partial charge < -0.3 is 25.9 Å². The van der Waals surface area contributed by atoms with Crippen LogP contribution in [0.1, 0.15) is 10.4 Å². The van der Waals surface area contributed by atoms with Gasteiger partial charge in [-0.25, -0.2) is 4.79 Å². The van der Waals surface area contributed by atoms with E-state index in [4.69, 9.17) is 15.3 Å². The van der Waals surface area contributed by atoms with Gasteiger partial charge in [0.15, 0.2) is 11.3 Å². The number of hydrogen-bond donors (Lipinski definition) is 4. The first-order chi connectivity index (χ1) is 11.4. The van der Waals surface area contributed by atoms with Crippen LogP contribution in [0.2, 0.25) is 0 Å². The van der Waals surface area contributed by atoms with Crippen molar-refractivity contribution in [1.29, 1.82) is 0 Å². The zero-order chi connectivity index (χ0) is 17.7. The van der Waals surface area contributed by atoms with E-state index in [0.29, 0.717) is 5.39 Å². The fraction of sp³-hybridized carbons (Fsp3) is 0.143. The van der Waals surface area contributed by atoms with Crippen LogP contribution in [0.4, 0.5) is 16.2 Å². The number of nitrogens with zero attached hydrogens (tertiary/aromatic N) is 1. The quantitative estimate of drug-likeness (QED) is 0.340. The minimum atomic E-state index is -1.15. The van der Waals surface area contributed by atoms with E-state index >= 15 is 0 Å². The minimum Gasteiger partial charge on any atom is -0.465 e. The van der Waals surface area contributed by atoms with Crippen LogP contribution in [0.15, 0.2) is 35.0 Å². The molecule has 0 unspecified atom stereocenters. The lowest BCUT2D eigenvalue weighted by molar-refractivity contribution is -0.383. The standard InChI is InChI=1S/C14H14N4O6/c15-13(19)9-7-10(18(22)23)11(12-8(9)3-6-24-12)16-4-1-2-5-17-14(20)21/h1-3,6-7,16-17H,4-5H2,(H2,15,19)(H,20,21)/b2-1+. The first kappa shape index (κ1) is 16.8. The normalized spacial score (nSPS) is 10.8. The van der Waals surface area contributed by atoms with Gasteiger partial charge in [-0.3, -0.25) is 14.9 Å². The number of carbonyl (C=O) groups excluding carboxylic acids is 1. The molecule has 0 saturated heterocycles. The van der Waals surface area contributed by atoms with Gasteiger partial charge in [0.25, 0.3) is 5.69 Å². The number of hydrogen-bond acceptors (Lipinski definition) is 6. The Balaban J connectivity index is 2.28. The van der Waals surface area contributed by atoms with E-state index < -0.39 is 16.9 Å². The molecule has 1 aromatic heterocycles. The Morgan fingerprint density at radius 1 is 1.38 bits per heavy atom. The molecule has 5 N–H and O–H groups in total. The van der Waals surface area contributed by atoms with E-state index in [1.807, 2.05) is 0 Å². The molecule has 0 aliphatic heterocycles. The Kier molecular flexibility index (Phi) is 5.00. The second-order valence-electron chi connectivity index (χ2n) is 4.64. The highest BCUT2D eigenvalue weighted by atomic mass is 16.6. The number of nitro benzene ring substituents is 1. The first-order valence-corrected chi connectivity index (χ1v) is 6.76. The lowest BCUT2D eigenvalue weighted by Gasteiger charge is -2.08. The van der Waals surface area contributed by atoms with Crippen molar-refractivity contribution in [3.05, 3.63) is 46.2 Å². The van der Waals surface area contributed by atoms with Crippen molar-refractivity contribution >= 4 is 34.3 Å². The van der Waals surface area contributed by atoms with Gasteiger partial charge in [-0.05, 0) is 6.07 Å². The van der Waals surface area contributed by atoms with Crippen LogP contribution < -0.4 is 16.4 Å². The summed E-state index contributed by atoms with van der Waals surface area (Å²) in [6.45, 7) is 0.295. The van der Waals surface area contributed by atoms with Gasteiger partial charge in [-0.2, -0.15) is 0 Å². The maximum atomic E-state index is 11.5. The van der Waals surface area contributed by atoms with Crippen LogP contribution >= 0.6 is 0 Å². The van der Waals surface area contributed by atoms with E-state index in [9.17, 15) is 19.7 Å². The van der Waals surface area contributed by atoms with Crippen LogP contribution in [0.5, 0.6) is 0 Å². The summed E-state index contributed by atoms with van der Waals surface area (Å²) >= 11 is 0. The molecule has 0 aliphatic rings. The Bertz CT molecular complexity index is 826. The van der Waals surface area contributed by atoms with E-state index in [2.05, 4.69) is 10.6 Å². The van der Waals surface area contributed by atoms with E-state index in [1.54, 1.807) is 12.2 Å². The number of benzene rings is 1. The van der Waals surface area contributed by atoms with Gasteiger partial charge in [0.2, 0.25) is 5.91 Å². The number of primary amides is 1. The molecule has 1 heterocycles. The van der Waals surface area contributed by atoms with E-state index in [-0.39, 0.29) is 35.6 Å². The number of nitrogens with two attached hydrogens (primary N) is 1. The lowest BCUT2D eigenvalue weighted by Crippen LogP contribution is -2.20. The van der Waals surface area contributed by atoms with Crippen LogP contribution in [-0.4, -0.2) is 35.1 Å². The third-order valence-corrected chi connectivity index (χ3v) is 3.12. The molecular weight excluding hydrogens is 320 g/mol. The molecule has 10 heteroatoms. The van der Waals surface area contributed by atoms with Gasteiger partial charge in [-0.1, -0.05) is 12.2 Å². The molecule has 0 atom stereocenters. The van der Waals surface area contributed by atoms with E-state index in [1.165, 1.54) is 12.3 Å². The Labute approximate surface area is 135 Å². The number of fused-ring (bicyclic) bond motifs is 1. The molecule has 2 amide bonds. The van der Waals surface area contributed by atoms with Crippen molar-refractivity contribution in [3.8, 4) is 0 Å². The van der Waals surface area contributed by atoms with Gasteiger partial charge in [0.05, 0.1) is 16.7 Å². The fourth-order valence-corrected chi connectivity index (χ4v) is 2.11. The molecule has 0 bridgehead atoms. The molecule has 10 nitrogen and oxygen atoms in total. The zero-order valence-corrected chi connectivity index (χ0v) is 12.3. The Hall–Kier alpha value is -3.56. The van der Waals surface area contributed by atoms with Crippen molar-refractivity contribution < 1.29 is 24.0 Å². The average Bonchev–Trinajstić information content (AvgIpc) is 2.98. The van der Waals surface area contributed by atoms with Crippen LogP contribution in [0, 0.1) is 10.1 Å². The summed E-state index contributed by atoms with van der Waals surface area (Å²) in [4.78, 5) is 32.4. The van der Waals surface area contributed by atoms with Crippen molar-refractivity contribution in [2.24, 2.45) is 5.73 Å². The third-order valence-electron chi connectivity index (χ3n) is 3.12. The van der Waals surface area contributed by atoms with E-state index in [0.717, 1.165) is 6.07 Å². The number of nitrogens with one attached hydrogen (secondary N) is 2. The number of amides is 2. The molecule has 2 rings (SSSR count). The highest BCUT2D eigenvalue weighted by Gasteiger charge is 2.24. The third kappa shape index (κ3) is 3.61. The summed E-state index contributed by atoms with van der Waals surface area (Å²) in [6, 6.07) is 2.59. The van der Waals surface area contributed by atoms with Crippen molar-refractivity contribution in [1.82, 2.24) is 5.32 Å². The highest BCUT2D eigenvalue weighted by molar-refractivity contribution is 6.10. The maximum Gasteiger partial charge on any atom is 0.404 e. The topological polar surface area (TPSA) is 161 Å². The van der Waals surface area contributed by atoms with Crippen LogP contribution in [0.3, 0.4) is 0 Å². The molecular formula is C14H14N4O6. The van der Waals surface area contributed by atoms with Crippen LogP contribution in [-0.2, 0) is 0 Å². The monoisotopic (exact) mass is 334 g/mol. The number of rotatable bonds is 7. The molecule has 1 aromatic carbocycles. The number of nitro groups is 1. The molecule has 24 heavy (non-hydrogen) atoms. The minimum absolute atomic E-state index is 0.00259. The van der Waals surface area contributed by atoms with Crippen molar-refractivity contribution in [2.75, 3.05) is 18.4 Å². The number of anilines is 1. The molecule has 126 valence electrons. The number of carboxylic acid groups (broad SMARTS) is 1. The molecule has 2 aromatic rings. The molecule has 0 aliphatic carbocycles. The van der Waals surface area contributed by atoms with Crippen LogP contribution in [0.25, 0.3) is 11.0 Å². The molecule has 0 fully saturated rings. The predicted molar refractivity (Wildman–Crippen MR) is 85.0 cm³/mol. The summed E-state index contributed by atoms with van der Waals surface area (Å²) in [5.41, 5.74) is 5.16. The number of furan rings is 1. The first-order valence-electron chi connectivity index (χ1n) is 6.76. The van der Waals surface area contributed by atoms with Gasteiger partial charge in [-0.15, -0.1) is 0 Å². The lowest BCUT2D eigenvalue weighted by atomic mass is 10.1.